The lowest BCUT2D eigenvalue weighted by molar-refractivity contribution is 0.629. The summed E-state index contributed by atoms with van der Waals surface area (Å²) in [7, 11) is 0. The Hall–Kier alpha value is -3.91. The molecule has 6 rings (SSSR count). The molecular weight excluding hydrogens is 369 g/mol. The van der Waals surface area contributed by atoms with Crippen molar-refractivity contribution in [3.63, 3.8) is 0 Å². The number of pyridine rings is 1. The van der Waals surface area contributed by atoms with Crippen LogP contribution in [0.2, 0.25) is 0 Å². The number of rotatable bonds is 2. The van der Waals surface area contributed by atoms with E-state index >= 15 is 0 Å². The zero-order valence-electron chi connectivity index (χ0n) is 16.2. The lowest BCUT2D eigenvalue weighted by atomic mass is 9.93. The summed E-state index contributed by atoms with van der Waals surface area (Å²) in [5.41, 5.74) is 6.70. The number of hydrogen-bond acceptors (Lipinski definition) is 0. The molecular formula is C28H18FN. The minimum Gasteiger partial charge on any atom is -0.308 e. The summed E-state index contributed by atoms with van der Waals surface area (Å²) in [5.74, 6) is -0.216. The van der Waals surface area contributed by atoms with E-state index in [4.69, 9.17) is 0 Å². The smallest absolute Gasteiger partial charge is 0.123 e. The Balaban J connectivity index is 1.93. The van der Waals surface area contributed by atoms with Crippen LogP contribution in [0.5, 0.6) is 0 Å². The van der Waals surface area contributed by atoms with Crippen molar-refractivity contribution >= 4 is 27.2 Å². The molecule has 0 N–H and O–H groups in total. The number of nitrogens with zero attached hydrogens (tertiary/aromatic N) is 1. The van der Waals surface area contributed by atoms with Gasteiger partial charge >= 0.3 is 0 Å². The number of benzene rings is 4. The van der Waals surface area contributed by atoms with E-state index in [1.807, 2.05) is 18.2 Å². The first-order valence-electron chi connectivity index (χ1n) is 10.1. The fraction of sp³-hybridized carbons (Fsp3) is 0. The minimum absolute atomic E-state index is 0.216. The largest absolute Gasteiger partial charge is 0.308 e. The Morgan fingerprint density at radius 1 is 0.533 bits per heavy atom. The maximum absolute atomic E-state index is 14.0. The molecule has 0 atom stereocenters. The van der Waals surface area contributed by atoms with E-state index in [1.54, 1.807) is 12.1 Å². The van der Waals surface area contributed by atoms with Gasteiger partial charge in [0.25, 0.3) is 0 Å². The van der Waals surface area contributed by atoms with Gasteiger partial charge in [-0.1, -0.05) is 84.9 Å². The molecule has 0 unspecified atom stereocenters. The second-order valence-electron chi connectivity index (χ2n) is 7.57. The third-order valence-corrected chi connectivity index (χ3v) is 5.81. The molecule has 142 valence electrons. The van der Waals surface area contributed by atoms with Crippen molar-refractivity contribution in [2.45, 2.75) is 0 Å². The summed E-state index contributed by atoms with van der Waals surface area (Å²) in [6.07, 6.45) is 0. The third-order valence-electron chi connectivity index (χ3n) is 5.81. The maximum Gasteiger partial charge on any atom is 0.123 e. The Labute approximate surface area is 173 Å². The number of fused-ring (bicyclic) bond motifs is 5. The van der Waals surface area contributed by atoms with Crippen molar-refractivity contribution < 1.29 is 4.39 Å². The van der Waals surface area contributed by atoms with E-state index in [2.05, 4.69) is 83.3 Å². The zero-order valence-corrected chi connectivity index (χ0v) is 16.2. The van der Waals surface area contributed by atoms with Crippen molar-refractivity contribution in [1.82, 2.24) is 4.40 Å². The molecule has 1 nitrogen and oxygen atoms in total. The van der Waals surface area contributed by atoms with Gasteiger partial charge in [0.2, 0.25) is 0 Å². The zero-order chi connectivity index (χ0) is 20.1. The second kappa shape index (κ2) is 6.57. The van der Waals surface area contributed by atoms with Crippen molar-refractivity contribution in [2.75, 3.05) is 0 Å². The summed E-state index contributed by atoms with van der Waals surface area (Å²) < 4.78 is 16.3. The summed E-state index contributed by atoms with van der Waals surface area (Å²) in [6, 6.07) is 36.6. The van der Waals surface area contributed by atoms with Gasteiger partial charge in [0.05, 0.1) is 16.7 Å². The van der Waals surface area contributed by atoms with E-state index in [0.29, 0.717) is 0 Å². The first-order valence-corrected chi connectivity index (χ1v) is 10.1. The predicted molar refractivity (Wildman–Crippen MR) is 123 cm³/mol. The van der Waals surface area contributed by atoms with Gasteiger partial charge < -0.3 is 4.40 Å². The first kappa shape index (κ1) is 17.0. The van der Waals surface area contributed by atoms with Gasteiger partial charge in [0, 0.05) is 16.3 Å². The van der Waals surface area contributed by atoms with Crippen LogP contribution in [0, 0.1) is 5.82 Å². The van der Waals surface area contributed by atoms with Crippen molar-refractivity contribution in [1.29, 1.82) is 0 Å². The molecule has 0 amide bonds. The highest BCUT2D eigenvalue weighted by molar-refractivity contribution is 6.12. The van der Waals surface area contributed by atoms with Crippen LogP contribution in [-0.2, 0) is 0 Å². The van der Waals surface area contributed by atoms with Crippen LogP contribution in [0.3, 0.4) is 0 Å². The lowest BCUT2D eigenvalue weighted by Gasteiger charge is -2.18. The van der Waals surface area contributed by atoms with Gasteiger partial charge in [-0.2, -0.15) is 0 Å². The highest BCUT2D eigenvalue weighted by atomic mass is 19.1. The lowest BCUT2D eigenvalue weighted by Crippen LogP contribution is -1.98. The first-order chi connectivity index (χ1) is 14.8. The number of halogens is 1. The third kappa shape index (κ3) is 2.47. The van der Waals surface area contributed by atoms with Crippen molar-refractivity contribution in [3.05, 3.63) is 115 Å². The topological polar surface area (TPSA) is 4.41 Å². The summed E-state index contributed by atoms with van der Waals surface area (Å²) in [4.78, 5) is 0. The molecule has 2 aromatic heterocycles. The van der Waals surface area contributed by atoms with E-state index in [9.17, 15) is 4.39 Å². The molecule has 0 saturated carbocycles. The fourth-order valence-electron chi connectivity index (χ4n) is 4.56. The van der Waals surface area contributed by atoms with Crippen LogP contribution in [0.1, 0.15) is 0 Å². The average Bonchev–Trinajstić information content (AvgIpc) is 3.18. The van der Waals surface area contributed by atoms with Crippen LogP contribution in [0.4, 0.5) is 4.39 Å². The molecule has 0 fully saturated rings. The van der Waals surface area contributed by atoms with E-state index in [1.165, 1.54) is 16.5 Å². The molecule has 4 aromatic carbocycles. The monoisotopic (exact) mass is 387 g/mol. The summed E-state index contributed by atoms with van der Waals surface area (Å²) in [6.45, 7) is 0. The van der Waals surface area contributed by atoms with Gasteiger partial charge in [0.1, 0.15) is 5.82 Å². The minimum atomic E-state index is -0.216. The van der Waals surface area contributed by atoms with E-state index in [-0.39, 0.29) is 5.82 Å². The standard InChI is InChI=1S/C28H18FN/c29-22-15-16-25-21(17-22)18-26-23-13-7-8-14-24(23)27(19-9-3-1-4-10-19)28(30(25)26)20-11-5-2-6-12-20/h1-18H. The number of aromatic nitrogens is 1. The van der Waals surface area contributed by atoms with Gasteiger partial charge in [-0.05, 0) is 40.8 Å². The summed E-state index contributed by atoms with van der Waals surface area (Å²) in [5, 5.41) is 3.26. The van der Waals surface area contributed by atoms with Gasteiger partial charge in [-0.15, -0.1) is 0 Å². The molecule has 0 spiro atoms. The van der Waals surface area contributed by atoms with Crippen LogP contribution >= 0.6 is 0 Å². The van der Waals surface area contributed by atoms with Gasteiger partial charge in [-0.3, -0.25) is 0 Å². The summed E-state index contributed by atoms with van der Waals surface area (Å²) >= 11 is 0. The molecule has 0 aliphatic heterocycles. The van der Waals surface area contributed by atoms with Crippen molar-refractivity contribution in [3.8, 4) is 22.4 Å². The van der Waals surface area contributed by atoms with Crippen LogP contribution in [0.15, 0.2) is 109 Å². The highest BCUT2D eigenvalue weighted by Gasteiger charge is 2.19. The van der Waals surface area contributed by atoms with E-state index < -0.39 is 0 Å². The highest BCUT2D eigenvalue weighted by Crippen LogP contribution is 2.42. The number of hydrogen-bond donors (Lipinski definition) is 0. The molecule has 2 heteroatoms. The predicted octanol–water partition coefficient (Wildman–Crippen LogP) is 7.72. The van der Waals surface area contributed by atoms with Crippen LogP contribution < -0.4 is 0 Å². The van der Waals surface area contributed by atoms with Gasteiger partial charge in [0.15, 0.2) is 0 Å². The Morgan fingerprint density at radius 3 is 1.90 bits per heavy atom. The molecule has 6 aromatic rings. The normalized spacial score (nSPS) is 11.5. The fourth-order valence-corrected chi connectivity index (χ4v) is 4.56. The van der Waals surface area contributed by atoms with E-state index in [0.717, 1.165) is 33.1 Å². The molecule has 0 bridgehead atoms. The molecule has 0 aliphatic carbocycles. The maximum atomic E-state index is 14.0. The Bertz CT molecular complexity index is 1530. The van der Waals surface area contributed by atoms with Crippen LogP contribution in [0.25, 0.3) is 49.6 Å². The molecule has 0 saturated heterocycles. The van der Waals surface area contributed by atoms with Gasteiger partial charge in [-0.25, -0.2) is 4.39 Å². The Morgan fingerprint density at radius 2 is 1.17 bits per heavy atom. The molecule has 2 heterocycles. The quantitative estimate of drug-likeness (QED) is 0.286. The molecule has 30 heavy (non-hydrogen) atoms. The molecule has 0 aliphatic rings. The second-order valence-corrected chi connectivity index (χ2v) is 7.57. The SMILES string of the molecule is Fc1ccc2c(c1)cc1c3ccccc3c(-c3ccccc3)c(-c3ccccc3)n21. The van der Waals surface area contributed by atoms with Crippen molar-refractivity contribution in [2.24, 2.45) is 0 Å². The Kier molecular flexibility index (Phi) is 3.72. The van der Waals surface area contributed by atoms with Crippen LogP contribution in [-0.4, -0.2) is 4.40 Å². The molecule has 0 radical (unpaired) electrons. The average molecular weight is 387 g/mol.